The van der Waals surface area contributed by atoms with Crippen LogP contribution in [0.1, 0.15) is 22.1 Å². The standard InChI is InChI=1S/C21H21N3O5S/c1-15-4-6-17(7-5-15)30(27,28)19(18-3-2-12-29-18)14-24-21(26)20(25)23-13-16-8-10-22-11-9-16/h2-12,19H,13-14H2,1H3,(H,23,25)(H,24,26). The van der Waals surface area contributed by atoms with Crippen LogP contribution in [-0.2, 0) is 26.0 Å². The number of hydrogen-bond donors (Lipinski definition) is 2. The number of carbonyl (C=O) groups excluding carboxylic acids is 2. The molecule has 3 aromatic rings. The molecule has 1 unspecified atom stereocenters. The normalized spacial score (nSPS) is 12.2. The maximum Gasteiger partial charge on any atom is 0.309 e. The first-order valence-corrected chi connectivity index (χ1v) is 10.7. The molecule has 1 atom stereocenters. The first kappa shape index (κ1) is 21.3. The number of aryl methyl sites for hydroxylation is 1. The summed E-state index contributed by atoms with van der Waals surface area (Å²) in [6.07, 6.45) is 4.51. The number of carbonyl (C=O) groups is 2. The summed E-state index contributed by atoms with van der Waals surface area (Å²) in [7, 11) is -3.86. The van der Waals surface area contributed by atoms with E-state index in [-0.39, 0.29) is 23.7 Å². The van der Waals surface area contributed by atoms with Crippen molar-refractivity contribution in [3.63, 3.8) is 0 Å². The predicted molar refractivity (Wildman–Crippen MR) is 109 cm³/mol. The lowest BCUT2D eigenvalue weighted by Crippen LogP contribution is -2.42. The third-order valence-electron chi connectivity index (χ3n) is 4.44. The fourth-order valence-electron chi connectivity index (χ4n) is 2.76. The molecule has 3 rings (SSSR count). The van der Waals surface area contributed by atoms with Gasteiger partial charge in [-0.2, -0.15) is 0 Å². The van der Waals surface area contributed by atoms with E-state index in [4.69, 9.17) is 4.42 Å². The smallest absolute Gasteiger partial charge is 0.309 e. The first-order valence-electron chi connectivity index (χ1n) is 9.17. The average Bonchev–Trinajstić information content (AvgIpc) is 3.27. The van der Waals surface area contributed by atoms with Gasteiger partial charge in [0.05, 0.1) is 11.2 Å². The number of sulfone groups is 1. The van der Waals surface area contributed by atoms with Crippen molar-refractivity contribution in [1.29, 1.82) is 0 Å². The van der Waals surface area contributed by atoms with Gasteiger partial charge in [-0.05, 0) is 48.9 Å². The molecule has 0 aliphatic carbocycles. The van der Waals surface area contributed by atoms with E-state index in [1.165, 1.54) is 24.5 Å². The average molecular weight is 427 g/mol. The Morgan fingerprint density at radius 1 is 1.00 bits per heavy atom. The second-order valence-electron chi connectivity index (χ2n) is 6.61. The Kier molecular flexibility index (Phi) is 6.63. The molecule has 0 radical (unpaired) electrons. The van der Waals surface area contributed by atoms with Gasteiger partial charge in [-0.15, -0.1) is 0 Å². The molecule has 0 saturated carbocycles. The molecule has 2 heterocycles. The second kappa shape index (κ2) is 9.36. The molecular formula is C21H21N3O5S. The van der Waals surface area contributed by atoms with Crippen molar-refractivity contribution < 1.29 is 22.4 Å². The molecule has 0 aliphatic heterocycles. The van der Waals surface area contributed by atoms with E-state index in [9.17, 15) is 18.0 Å². The Morgan fingerprint density at radius 2 is 1.67 bits per heavy atom. The molecule has 2 amide bonds. The van der Waals surface area contributed by atoms with Crippen LogP contribution in [-0.4, -0.2) is 31.8 Å². The molecule has 156 valence electrons. The zero-order valence-electron chi connectivity index (χ0n) is 16.2. The van der Waals surface area contributed by atoms with Crippen molar-refractivity contribution in [1.82, 2.24) is 15.6 Å². The molecule has 8 nitrogen and oxygen atoms in total. The SMILES string of the molecule is Cc1ccc(S(=O)(=O)C(CNC(=O)C(=O)NCc2ccncc2)c2ccco2)cc1. The van der Waals surface area contributed by atoms with Gasteiger partial charge in [0.25, 0.3) is 0 Å². The summed E-state index contributed by atoms with van der Waals surface area (Å²) in [5.41, 5.74) is 1.70. The van der Waals surface area contributed by atoms with Crippen LogP contribution in [0.4, 0.5) is 0 Å². The molecule has 2 N–H and O–H groups in total. The number of pyridine rings is 1. The number of aromatic nitrogens is 1. The van der Waals surface area contributed by atoms with E-state index in [1.54, 1.807) is 42.7 Å². The second-order valence-corrected chi connectivity index (χ2v) is 8.74. The third-order valence-corrected chi connectivity index (χ3v) is 6.52. The highest BCUT2D eigenvalue weighted by Gasteiger charge is 2.32. The van der Waals surface area contributed by atoms with Crippen LogP contribution < -0.4 is 10.6 Å². The summed E-state index contributed by atoms with van der Waals surface area (Å²) in [6, 6.07) is 12.9. The molecule has 0 spiro atoms. The maximum absolute atomic E-state index is 13.1. The lowest BCUT2D eigenvalue weighted by atomic mass is 10.2. The van der Waals surface area contributed by atoms with Gasteiger partial charge in [-0.3, -0.25) is 14.6 Å². The molecule has 9 heteroatoms. The monoisotopic (exact) mass is 427 g/mol. The van der Waals surface area contributed by atoms with Crippen LogP contribution in [0.5, 0.6) is 0 Å². The molecule has 0 bridgehead atoms. The van der Waals surface area contributed by atoms with Crippen molar-refractivity contribution in [2.75, 3.05) is 6.54 Å². The summed E-state index contributed by atoms with van der Waals surface area (Å²) < 4.78 is 31.5. The molecule has 0 fully saturated rings. The van der Waals surface area contributed by atoms with E-state index >= 15 is 0 Å². The largest absolute Gasteiger partial charge is 0.468 e. The van der Waals surface area contributed by atoms with Crippen molar-refractivity contribution in [3.8, 4) is 0 Å². The summed E-state index contributed by atoms with van der Waals surface area (Å²) in [5, 5.41) is 3.70. The van der Waals surface area contributed by atoms with Gasteiger partial charge in [0.1, 0.15) is 11.0 Å². The Hall–Kier alpha value is -3.46. The molecule has 30 heavy (non-hydrogen) atoms. The van der Waals surface area contributed by atoms with Gasteiger partial charge in [-0.1, -0.05) is 17.7 Å². The number of amides is 2. The van der Waals surface area contributed by atoms with E-state index in [2.05, 4.69) is 15.6 Å². The number of nitrogens with zero attached hydrogens (tertiary/aromatic N) is 1. The van der Waals surface area contributed by atoms with Crippen LogP contribution in [0.15, 0.2) is 76.5 Å². The Balaban J connectivity index is 1.69. The fourth-order valence-corrected chi connectivity index (χ4v) is 4.35. The van der Waals surface area contributed by atoms with Crippen molar-refractivity contribution >= 4 is 21.7 Å². The first-order chi connectivity index (χ1) is 14.4. The molecule has 0 saturated heterocycles. The third kappa shape index (κ3) is 5.12. The molecular weight excluding hydrogens is 406 g/mol. The quantitative estimate of drug-likeness (QED) is 0.556. The van der Waals surface area contributed by atoms with Gasteiger partial charge >= 0.3 is 11.8 Å². The molecule has 0 aliphatic rings. The Labute approximate surface area is 174 Å². The fraction of sp³-hybridized carbons (Fsp3) is 0.190. The van der Waals surface area contributed by atoms with Gasteiger partial charge < -0.3 is 15.1 Å². The molecule has 2 aromatic heterocycles. The van der Waals surface area contributed by atoms with Crippen LogP contribution in [0.3, 0.4) is 0 Å². The number of rotatable bonds is 7. The van der Waals surface area contributed by atoms with Crippen LogP contribution >= 0.6 is 0 Å². The maximum atomic E-state index is 13.1. The highest BCUT2D eigenvalue weighted by molar-refractivity contribution is 7.91. The zero-order chi connectivity index (χ0) is 21.6. The summed E-state index contributed by atoms with van der Waals surface area (Å²) in [4.78, 5) is 28.2. The Morgan fingerprint density at radius 3 is 2.30 bits per heavy atom. The van der Waals surface area contributed by atoms with Crippen molar-refractivity contribution in [2.24, 2.45) is 0 Å². The van der Waals surface area contributed by atoms with E-state index in [1.807, 2.05) is 6.92 Å². The van der Waals surface area contributed by atoms with Crippen LogP contribution in [0, 0.1) is 6.92 Å². The van der Waals surface area contributed by atoms with Gasteiger partial charge in [0.15, 0.2) is 9.84 Å². The number of benzene rings is 1. The van der Waals surface area contributed by atoms with E-state index < -0.39 is 26.9 Å². The topological polar surface area (TPSA) is 118 Å². The predicted octanol–water partition coefficient (Wildman–Crippen LogP) is 1.93. The van der Waals surface area contributed by atoms with Gasteiger partial charge in [0, 0.05) is 25.5 Å². The van der Waals surface area contributed by atoms with Gasteiger partial charge in [-0.25, -0.2) is 8.42 Å². The Bertz CT molecular complexity index is 1100. The highest BCUT2D eigenvalue weighted by atomic mass is 32.2. The van der Waals surface area contributed by atoms with Crippen LogP contribution in [0.2, 0.25) is 0 Å². The molecule has 1 aromatic carbocycles. The summed E-state index contributed by atoms with van der Waals surface area (Å²) in [5.74, 6) is -1.62. The van der Waals surface area contributed by atoms with Crippen LogP contribution in [0.25, 0.3) is 0 Å². The van der Waals surface area contributed by atoms with Gasteiger partial charge in [0.2, 0.25) is 0 Å². The minimum atomic E-state index is -3.86. The van der Waals surface area contributed by atoms with E-state index in [0.717, 1.165) is 11.1 Å². The minimum absolute atomic E-state index is 0.103. The summed E-state index contributed by atoms with van der Waals surface area (Å²) in [6.45, 7) is 1.69. The number of nitrogens with one attached hydrogen (secondary N) is 2. The lowest BCUT2D eigenvalue weighted by Gasteiger charge is -2.17. The highest BCUT2D eigenvalue weighted by Crippen LogP contribution is 2.29. The van der Waals surface area contributed by atoms with Crippen molar-refractivity contribution in [3.05, 3.63) is 84.1 Å². The summed E-state index contributed by atoms with van der Waals surface area (Å²) >= 11 is 0. The van der Waals surface area contributed by atoms with Crippen molar-refractivity contribution in [2.45, 2.75) is 23.6 Å². The van der Waals surface area contributed by atoms with E-state index in [0.29, 0.717) is 0 Å². The number of hydrogen-bond acceptors (Lipinski definition) is 6. The minimum Gasteiger partial charge on any atom is -0.468 e. The number of furan rings is 1. The lowest BCUT2D eigenvalue weighted by molar-refractivity contribution is -0.139. The zero-order valence-corrected chi connectivity index (χ0v) is 17.1.